The zero-order valence-electron chi connectivity index (χ0n) is 9.41. The minimum atomic E-state index is 0.155. The van der Waals surface area contributed by atoms with Gasteiger partial charge in [-0.05, 0) is 59.3 Å². The number of benzene rings is 1. The van der Waals surface area contributed by atoms with Crippen molar-refractivity contribution in [3.05, 3.63) is 50.9 Å². The van der Waals surface area contributed by atoms with E-state index in [1.807, 2.05) is 30.3 Å². The van der Waals surface area contributed by atoms with Crippen molar-refractivity contribution in [2.45, 2.75) is 19.4 Å². The van der Waals surface area contributed by atoms with E-state index in [9.17, 15) is 0 Å². The molecule has 1 unspecified atom stereocenters. The van der Waals surface area contributed by atoms with E-state index in [0.717, 1.165) is 26.5 Å². The van der Waals surface area contributed by atoms with Gasteiger partial charge in [0.1, 0.15) is 5.76 Å². The van der Waals surface area contributed by atoms with Crippen LogP contribution in [0.15, 0.2) is 41.0 Å². The molecule has 0 aliphatic carbocycles. The summed E-state index contributed by atoms with van der Waals surface area (Å²) >= 11 is 8.44. The van der Waals surface area contributed by atoms with Crippen LogP contribution in [0, 0.1) is 3.57 Å². The summed E-state index contributed by atoms with van der Waals surface area (Å²) < 4.78 is 6.54. The number of furan rings is 1. The van der Waals surface area contributed by atoms with E-state index in [4.69, 9.17) is 16.0 Å². The monoisotopic (exact) mass is 361 g/mol. The van der Waals surface area contributed by atoms with Crippen LogP contribution >= 0.6 is 34.2 Å². The number of anilines is 1. The van der Waals surface area contributed by atoms with Crippen LogP contribution < -0.4 is 5.32 Å². The summed E-state index contributed by atoms with van der Waals surface area (Å²) in [6, 6.07) is 10.00. The lowest BCUT2D eigenvalue weighted by molar-refractivity contribution is 0.474. The van der Waals surface area contributed by atoms with Crippen LogP contribution in [0.3, 0.4) is 0 Å². The van der Waals surface area contributed by atoms with Gasteiger partial charge in [-0.1, -0.05) is 18.5 Å². The van der Waals surface area contributed by atoms with E-state index < -0.39 is 0 Å². The van der Waals surface area contributed by atoms with Crippen LogP contribution in [0.25, 0.3) is 0 Å². The van der Waals surface area contributed by atoms with Crippen molar-refractivity contribution in [2.75, 3.05) is 5.32 Å². The van der Waals surface area contributed by atoms with Crippen LogP contribution in [-0.4, -0.2) is 0 Å². The third kappa shape index (κ3) is 3.16. The fourth-order valence-electron chi connectivity index (χ4n) is 1.66. The van der Waals surface area contributed by atoms with Gasteiger partial charge in [-0.3, -0.25) is 0 Å². The Labute approximate surface area is 119 Å². The molecule has 2 nitrogen and oxygen atoms in total. The number of rotatable bonds is 4. The first-order valence-corrected chi connectivity index (χ1v) is 6.91. The fraction of sp³-hybridized carbons (Fsp3) is 0.231. The first-order chi connectivity index (χ1) is 8.20. The molecule has 0 saturated carbocycles. The second kappa shape index (κ2) is 5.78. The predicted molar refractivity (Wildman–Crippen MR) is 79.5 cm³/mol. The predicted octanol–water partition coefficient (Wildman–Crippen LogP) is 5.10. The van der Waals surface area contributed by atoms with E-state index in [1.165, 1.54) is 0 Å². The Kier molecular flexibility index (Phi) is 4.34. The van der Waals surface area contributed by atoms with Gasteiger partial charge >= 0.3 is 0 Å². The lowest BCUT2D eigenvalue weighted by Crippen LogP contribution is -2.09. The zero-order chi connectivity index (χ0) is 12.3. The van der Waals surface area contributed by atoms with E-state index in [-0.39, 0.29) is 6.04 Å². The van der Waals surface area contributed by atoms with Gasteiger partial charge in [0.15, 0.2) is 0 Å². The Morgan fingerprint density at radius 3 is 2.82 bits per heavy atom. The number of hydrogen-bond donors (Lipinski definition) is 1. The Hall–Kier alpha value is -0.680. The minimum absolute atomic E-state index is 0.155. The van der Waals surface area contributed by atoms with Crippen molar-refractivity contribution in [3.8, 4) is 0 Å². The molecule has 0 spiro atoms. The molecular weight excluding hydrogens is 349 g/mol. The fourth-order valence-corrected chi connectivity index (χ4v) is 2.57. The SMILES string of the molecule is CCC(Nc1ccc(I)cc1Cl)c1ccco1. The second-order valence-corrected chi connectivity index (χ2v) is 5.40. The lowest BCUT2D eigenvalue weighted by Gasteiger charge is -2.17. The topological polar surface area (TPSA) is 25.2 Å². The highest BCUT2D eigenvalue weighted by atomic mass is 127. The molecule has 1 N–H and O–H groups in total. The van der Waals surface area contributed by atoms with Crippen molar-refractivity contribution in [2.24, 2.45) is 0 Å². The average Bonchev–Trinajstić information content (AvgIpc) is 2.81. The van der Waals surface area contributed by atoms with Crippen LogP contribution in [0.2, 0.25) is 5.02 Å². The largest absolute Gasteiger partial charge is 0.467 e. The molecule has 0 radical (unpaired) electrons. The maximum Gasteiger partial charge on any atom is 0.125 e. The first kappa shape index (κ1) is 12.8. The number of hydrogen-bond acceptors (Lipinski definition) is 2. The normalized spacial score (nSPS) is 12.4. The van der Waals surface area contributed by atoms with Gasteiger partial charge in [0.25, 0.3) is 0 Å². The smallest absolute Gasteiger partial charge is 0.125 e. The maximum absolute atomic E-state index is 6.19. The van der Waals surface area contributed by atoms with Gasteiger partial charge in [0.05, 0.1) is 23.0 Å². The van der Waals surface area contributed by atoms with Gasteiger partial charge in [0.2, 0.25) is 0 Å². The zero-order valence-corrected chi connectivity index (χ0v) is 12.3. The van der Waals surface area contributed by atoms with E-state index in [0.29, 0.717) is 0 Å². The molecule has 1 aromatic carbocycles. The number of nitrogens with one attached hydrogen (secondary N) is 1. The Morgan fingerprint density at radius 1 is 1.41 bits per heavy atom. The second-order valence-electron chi connectivity index (χ2n) is 3.74. The van der Waals surface area contributed by atoms with Crippen molar-refractivity contribution in [1.82, 2.24) is 0 Å². The summed E-state index contributed by atoms with van der Waals surface area (Å²) in [5.74, 6) is 0.933. The summed E-state index contributed by atoms with van der Waals surface area (Å²) in [7, 11) is 0. The highest BCUT2D eigenvalue weighted by Gasteiger charge is 2.13. The molecule has 0 saturated heterocycles. The molecule has 0 aliphatic rings. The first-order valence-electron chi connectivity index (χ1n) is 5.45. The molecule has 1 aromatic heterocycles. The van der Waals surface area contributed by atoms with Gasteiger partial charge < -0.3 is 9.73 Å². The Morgan fingerprint density at radius 2 is 2.24 bits per heavy atom. The summed E-state index contributed by atoms with van der Waals surface area (Å²) in [5.41, 5.74) is 0.940. The van der Waals surface area contributed by atoms with Crippen molar-refractivity contribution in [3.63, 3.8) is 0 Å². The van der Waals surface area contributed by atoms with Crippen LogP contribution in [0.5, 0.6) is 0 Å². The van der Waals surface area contributed by atoms with Crippen molar-refractivity contribution < 1.29 is 4.42 Å². The molecule has 2 rings (SSSR count). The number of halogens is 2. The molecule has 90 valence electrons. The van der Waals surface area contributed by atoms with Gasteiger partial charge in [-0.15, -0.1) is 0 Å². The minimum Gasteiger partial charge on any atom is -0.467 e. The molecule has 0 fully saturated rings. The summed E-state index contributed by atoms with van der Waals surface area (Å²) in [6.45, 7) is 2.11. The lowest BCUT2D eigenvalue weighted by atomic mass is 10.1. The summed E-state index contributed by atoms with van der Waals surface area (Å²) in [4.78, 5) is 0. The Bertz CT molecular complexity index is 484. The molecule has 0 aliphatic heterocycles. The van der Waals surface area contributed by atoms with Gasteiger partial charge in [-0.25, -0.2) is 0 Å². The van der Waals surface area contributed by atoms with Gasteiger partial charge in [-0.2, -0.15) is 0 Å². The van der Waals surface area contributed by atoms with Crippen LogP contribution in [0.1, 0.15) is 25.1 Å². The van der Waals surface area contributed by atoms with E-state index in [2.05, 4.69) is 34.8 Å². The van der Waals surface area contributed by atoms with Crippen LogP contribution in [-0.2, 0) is 0 Å². The van der Waals surface area contributed by atoms with Gasteiger partial charge in [0, 0.05) is 3.57 Å². The molecule has 1 atom stereocenters. The third-order valence-electron chi connectivity index (χ3n) is 2.56. The maximum atomic E-state index is 6.19. The van der Waals surface area contributed by atoms with Crippen molar-refractivity contribution >= 4 is 39.9 Å². The summed E-state index contributed by atoms with van der Waals surface area (Å²) in [5, 5.41) is 4.14. The quantitative estimate of drug-likeness (QED) is 0.766. The van der Waals surface area contributed by atoms with E-state index in [1.54, 1.807) is 6.26 Å². The van der Waals surface area contributed by atoms with Crippen LogP contribution in [0.4, 0.5) is 5.69 Å². The Balaban J connectivity index is 2.19. The van der Waals surface area contributed by atoms with E-state index >= 15 is 0 Å². The summed E-state index contributed by atoms with van der Waals surface area (Å²) in [6.07, 6.45) is 2.63. The molecule has 1 heterocycles. The highest BCUT2D eigenvalue weighted by Crippen LogP contribution is 2.29. The molecule has 2 aromatic rings. The molecule has 4 heteroatoms. The molecule has 0 amide bonds. The third-order valence-corrected chi connectivity index (χ3v) is 3.54. The standard InChI is InChI=1S/C13H13ClINO/c1-2-11(13-4-3-7-17-13)16-12-6-5-9(15)8-10(12)14/h3-8,11,16H,2H2,1H3. The molecule has 0 bridgehead atoms. The molecular formula is C13H13ClINO. The van der Waals surface area contributed by atoms with Crippen molar-refractivity contribution in [1.29, 1.82) is 0 Å². The highest BCUT2D eigenvalue weighted by molar-refractivity contribution is 14.1. The average molecular weight is 362 g/mol. The molecule has 17 heavy (non-hydrogen) atoms.